The zero-order valence-electron chi connectivity index (χ0n) is 11.0. The minimum atomic E-state index is -0.0128. The van der Waals surface area contributed by atoms with Crippen molar-refractivity contribution >= 4 is 0 Å². The van der Waals surface area contributed by atoms with Gasteiger partial charge in [0.1, 0.15) is 0 Å². The SMILES string of the molecule is CCC1O[C@@H](OC(C)C)C(C)[C@@H](C)[C@H]1C. The van der Waals surface area contributed by atoms with Crippen LogP contribution in [0.4, 0.5) is 0 Å². The molecule has 0 spiro atoms. The van der Waals surface area contributed by atoms with Crippen molar-refractivity contribution in [3.05, 3.63) is 0 Å². The summed E-state index contributed by atoms with van der Waals surface area (Å²) < 4.78 is 11.9. The molecule has 15 heavy (non-hydrogen) atoms. The standard InChI is InChI=1S/C13H26O2/c1-7-12-10(5)9(4)11(6)13(15-12)14-8(2)3/h8-13H,7H2,1-6H3/t9-,10+,11?,12?,13+/m0/s1. The van der Waals surface area contributed by atoms with Gasteiger partial charge in [-0.05, 0) is 32.1 Å². The maximum absolute atomic E-state index is 6.02. The van der Waals surface area contributed by atoms with E-state index in [0.29, 0.717) is 23.9 Å². The average molecular weight is 214 g/mol. The fourth-order valence-electron chi connectivity index (χ4n) is 2.38. The highest BCUT2D eigenvalue weighted by atomic mass is 16.7. The van der Waals surface area contributed by atoms with Crippen molar-refractivity contribution in [1.82, 2.24) is 0 Å². The minimum Gasteiger partial charge on any atom is -0.350 e. The van der Waals surface area contributed by atoms with Gasteiger partial charge in [0.25, 0.3) is 0 Å². The molecule has 2 nitrogen and oxygen atoms in total. The second kappa shape index (κ2) is 5.31. The van der Waals surface area contributed by atoms with Gasteiger partial charge in [-0.15, -0.1) is 0 Å². The first-order valence-corrected chi connectivity index (χ1v) is 6.28. The van der Waals surface area contributed by atoms with Gasteiger partial charge >= 0.3 is 0 Å². The molecule has 0 aromatic rings. The molecule has 1 rings (SSSR count). The molecule has 0 radical (unpaired) electrons. The summed E-state index contributed by atoms with van der Waals surface area (Å²) in [5, 5.41) is 0. The Labute approximate surface area is 94.3 Å². The summed E-state index contributed by atoms with van der Waals surface area (Å²) >= 11 is 0. The summed E-state index contributed by atoms with van der Waals surface area (Å²) in [5.41, 5.74) is 0. The maximum Gasteiger partial charge on any atom is 0.161 e. The van der Waals surface area contributed by atoms with Crippen LogP contribution in [0, 0.1) is 17.8 Å². The molecule has 1 saturated heterocycles. The molecular weight excluding hydrogens is 188 g/mol. The first-order chi connectivity index (χ1) is 6.97. The van der Waals surface area contributed by atoms with Crippen molar-refractivity contribution < 1.29 is 9.47 Å². The average Bonchev–Trinajstić information content (AvgIpc) is 2.18. The van der Waals surface area contributed by atoms with Gasteiger partial charge in [-0.3, -0.25) is 0 Å². The first kappa shape index (κ1) is 13.0. The van der Waals surface area contributed by atoms with Gasteiger partial charge in [0.05, 0.1) is 12.2 Å². The molecule has 1 heterocycles. The monoisotopic (exact) mass is 214 g/mol. The molecule has 0 aromatic heterocycles. The molecule has 2 heteroatoms. The molecule has 1 fully saturated rings. The fraction of sp³-hybridized carbons (Fsp3) is 1.00. The first-order valence-electron chi connectivity index (χ1n) is 6.28. The van der Waals surface area contributed by atoms with Crippen LogP contribution in [0.15, 0.2) is 0 Å². The van der Waals surface area contributed by atoms with Crippen LogP contribution in [0.2, 0.25) is 0 Å². The highest BCUT2D eigenvalue weighted by Gasteiger charge is 2.38. The zero-order chi connectivity index (χ0) is 11.6. The predicted octanol–water partition coefficient (Wildman–Crippen LogP) is 3.45. The van der Waals surface area contributed by atoms with Crippen molar-refractivity contribution in [3.63, 3.8) is 0 Å². The van der Waals surface area contributed by atoms with E-state index in [1.807, 2.05) is 0 Å². The van der Waals surface area contributed by atoms with E-state index < -0.39 is 0 Å². The summed E-state index contributed by atoms with van der Waals surface area (Å²) in [6.45, 7) is 13.2. The summed E-state index contributed by atoms with van der Waals surface area (Å²) in [5.74, 6) is 1.80. The van der Waals surface area contributed by atoms with Gasteiger partial charge < -0.3 is 9.47 Å². The predicted molar refractivity (Wildman–Crippen MR) is 62.7 cm³/mol. The minimum absolute atomic E-state index is 0.0128. The Balaban J connectivity index is 2.65. The van der Waals surface area contributed by atoms with Gasteiger partial charge in [-0.2, -0.15) is 0 Å². The third-order valence-electron chi connectivity index (χ3n) is 3.79. The molecular formula is C13H26O2. The number of rotatable bonds is 3. The smallest absolute Gasteiger partial charge is 0.161 e. The normalized spacial score (nSPS) is 42.2. The molecule has 0 aromatic carbocycles. The van der Waals surface area contributed by atoms with Crippen LogP contribution < -0.4 is 0 Å². The molecule has 2 unspecified atom stereocenters. The Bertz CT molecular complexity index is 189. The Hall–Kier alpha value is -0.0800. The molecule has 1 aliphatic rings. The maximum atomic E-state index is 6.02. The molecule has 1 aliphatic heterocycles. The van der Waals surface area contributed by atoms with E-state index >= 15 is 0 Å². The van der Waals surface area contributed by atoms with Crippen LogP contribution in [-0.2, 0) is 9.47 Å². The van der Waals surface area contributed by atoms with E-state index in [9.17, 15) is 0 Å². The lowest BCUT2D eigenvalue weighted by molar-refractivity contribution is -0.259. The van der Waals surface area contributed by atoms with Gasteiger partial charge in [0.2, 0.25) is 0 Å². The van der Waals surface area contributed by atoms with Crippen LogP contribution in [0.3, 0.4) is 0 Å². The van der Waals surface area contributed by atoms with E-state index in [-0.39, 0.29) is 12.4 Å². The van der Waals surface area contributed by atoms with Crippen molar-refractivity contribution in [3.8, 4) is 0 Å². The Morgan fingerprint density at radius 2 is 1.67 bits per heavy atom. The molecule has 90 valence electrons. The molecule has 0 saturated carbocycles. The lowest BCUT2D eigenvalue weighted by Gasteiger charge is -2.43. The van der Waals surface area contributed by atoms with Crippen molar-refractivity contribution in [2.24, 2.45) is 17.8 Å². The Morgan fingerprint density at radius 1 is 1.07 bits per heavy atom. The fourth-order valence-corrected chi connectivity index (χ4v) is 2.38. The van der Waals surface area contributed by atoms with E-state index in [4.69, 9.17) is 9.47 Å². The summed E-state index contributed by atoms with van der Waals surface area (Å²) in [4.78, 5) is 0. The summed E-state index contributed by atoms with van der Waals surface area (Å²) in [7, 11) is 0. The van der Waals surface area contributed by atoms with Crippen molar-refractivity contribution in [1.29, 1.82) is 0 Å². The van der Waals surface area contributed by atoms with Crippen LogP contribution in [0.5, 0.6) is 0 Å². The van der Waals surface area contributed by atoms with Gasteiger partial charge in [-0.25, -0.2) is 0 Å². The lowest BCUT2D eigenvalue weighted by atomic mass is 9.78. The number of hydrogen-bond donors (Lipinski definition) is 0. The van der Waals surface area contributed by atoms with Crippen LogP contribution in [-0.4, -0.2) is 18.5 Å². The second-order valence-corrected chi connectivity index (χ2v) is 5.21. The zero-order valence-corrected chi connectivity index (χ0v) is 11.0. The van der Waals surface area contributed by atoms with Crippen LogP contribution >= 0.6 is 0 Å². The second-order valence-electron chi connectivity index (χ2n) is 5.21. The number of ether oxygens (including phenoxy) is 2. The van der Waals surface area contributed by atoms with Gasteiger partial charge in [0, 0.05) is 5.92 Å². The molecule has 0 amide bonds. The third kappa shape index (κ3) is 2.94. The molecule has 0 N–H and O–H groups in total. The highest BCUT2D eigenvalue weighted by Crippen LogP contribution is 2.36. The van der Waals surface area contributed by atoms with E-state index in [2.05, 4.69) is 41.5 Å². The van der Waals surface area contributed by atoms with Gasteiger partial charge in [0.15, 0.2) is 6.29 Å². The van der Waals surface area contributed by atoms with Crippen molar-refractivity contribution in [2.75, 3.05) is 0 Å². The van der Waals surface area contributed by atoms with Crippen molar-refractivity contribution in [2.45, 2.75) is 66.5 Å². The topological polar surface area (TPSA) is 18.5 Å². The molecule has 0 aliphatic carbocycles. The van der Waals surface area contributed by atoms with Crippen LogP contribution in [0.25, 0.3) is 0 Å². The Kier molecular flexibility index (Phi) is 4.60. The Morgan fingerprint density at radius 3 is 2.13 bits per heavy atom. The van der Waals surface area contributed by atoms with Crippen LogP contribution in [0.1, 0.15) is 48.0 Å². The number of hydrogen-bond acceptors (Lipinski definition) is 2. The lowest BCUT2D eigenvalue weighted by Crippen LogP contribution is -2.46. The summed E-state index contributed by atoms with van der Waals surface area (Å²) in [6, 6.07) is 0. The van der Waals surface area contributed by atoms with Gasteiger partial charge in [-0.1, -0.05) is 27.7 Å². The molecule has 5 atom stereocenters. The van der Waals surface area contributed by atoms with E-state index in [1.165, 1.54) is 0 Å². The van der Waals surface area contributed by atoms with E-state index in [0.717, 1.165) is 6.42 Å². The largest absolute Gasteiger partial charge is 0.350 e. The molecule has 0 bridgehead atoms. The quantitative estimate of drug-likeness (QED) is 0.716. The third-order valence-corrected chi connectivity index (χ3v) is 3.79. The highest BCUT2D eigenvalue weighted by molar-refractivity contribution is 4.82. The summed E-state index contributed by atoms with van der Waals surface area (Å²) in [6.07, 6.45) is 1.67. The van der Waals surface area contributed by atoms with E-state index in [1.54, 1.807) is 0 Å².